The van der Waals surface area contributed by atoms with Crippen molar-refractivity contribution in [2.75, 3.05) is 40.9 Å². The second-order valence-corrected chi connectivity index (χ2v) is 28.8. The molecule has 3 unspecified atom stereocenters. The zero-order valence-electron chi connectivity index (χ0n) is 57.0. The van der Waals surface area contributed by atoms with Crippen LogP contribution in [0.2, 0.25) is 0 Å². The Bertz CT molecular complexity index is 1360. The number of hydrogen-bond donors (Lipinski definition) is 3. The number of allylic oxidation sites excluding steroid dienone is 1. The molecule has 0 aromatic rings. The van der Waals surface area contributed by atoms with Crippen LogP contribution < -0.4 is 5.32 Å². The van der Waals surface area contributed by atoms with E-state index >= 15 is 0 Å². The maximum absolute atomic E-state index is 13.1. The molecule has 8 nitrogen and oxygen atoms in total. The Morgan fingerprint density at radius 2 is 0.639 bits per heavy atom. The Balaban J connectivity index is 3.97. The van der Waals surface area contributed by atoms with E-state index in [9.17, 15) is 19.4 Å². The summed E-state index contributed by atoms with van der Waals surface area (Å²) in [6.45, 7) is 4.90. The number of amides is 1. The number of likely N-dealkylation sites (N-methyl/N-ethyl adjacent to an activating group) is 1. The van der Waals surface area contributed by atoms with Gasteiger partial charge in [-0.1, -0.05) is 392 Å². The number of nitrogens with zero attached hydrogens (tertiary/aromatic N) is 1. The lowest BCUT2D eigenvalue weighted by atomic mass is 10.0. The van der Waals surface area contributed by atoms with Gasteiger partial charge >= 0.3 is 7.82 Å². The van der Waals surface area contributed by atoms with E-state index in [0.29, 0.717) is 17.4 Å². The molecule has 0 rings (SSSR count). The Morgan fingerprint density at radius 1 is 0.398 bits per heavy atom. The molecule has 0 fully saturated rings. The van der Waals surface area contributed by atoms with Crippen molar-refractivity contribution in [1.29, 1.82) is 0 Å². The van der Waals surface area contributed by atoms with Crippen LogP contribution in [0.5, 0.6) is 0 Å². The van der Waals surface area contributed by atoms with Crippen molar-refractivity contribution < 1.29 is 32.9 Å². The molecule has 3 N–H and O–H groups in total. The second kappa shape index (κ2) is 65.7. The molecule has 9 heteroatoms. The summed E-state index contributed by atoms with van der Waals surface area (Å²) >= 11 is 0. The number of aliphatic hydroxyl groups excluding tert-OH is 1. The smallest absolute Gasteiger partial charge is 0.387 e. The fourth-order valence-electron chi connectivity index (χ4n) is 11.9. The van der Waals surface area contributed by atoms with E-state index in [1.54, 1.807) is 6.08 Å². The third-order valence-electron chi connectivity index (χ3n) is 17.8. The number of nitrogens with one attached hydrogen (secondary N) is 1. The molecule has 0 aromatic heterocycles. The van der Waals surface area contributed by atoms with Crippen molar-refractivity contribution in [3.63, 3.8) is 0 Å². The van der Waals surface area contributed by atoms with E-state index in [1.165, 1.54) is 353 Å². The maximum Gasteiger partial charge on any atom is 0.472 e. The van der Waals surface area contributed by atoms with E-state index in [2.05, 4.69) is 19.2 Å². The second-order valence-electron chi connectivity index (χ2n) is 27.4. The highest BCUT2D eigenvalue weighted by Crippen LogP contribution is 2.43. The summed E-state index contributed by atoms with van der Waals surface area (Å²) < 4.78 is 23.9. The number of phosphoric ester groups is 1. The predicted octanol–water partition coefficient (Wildman–Crippen LogP) is 24.1. The topological polar surface area (TPSA) is 105 Å². The molecule has 83 heavy (non-hydrogen) atoms. The fraction of sp³-hybridized carbons (Fsp3) is 0.959. The van der Waals surface area contributed by atoms with Crippen molar-refractivity contribution in [1.82, 2.24) is 5.32 Å². The van der Waals surface area contributed by atoms with Gasteiger partial charge in [-0.3, -0.25) is 13.8 Å². The molecule has 0 saturated heterocycles. The normalized spacial score (nSPS) is 13.6. The van der Waals surface area contributed by atoms with E-state index in [1.807, 2.05) is 27.2 Å². The van der Waals surface area contributed by atoms with Crippen LogP contribution in [0.1, 0.15) is 406 Å². The van der Waals surface area contributed by atoms with Crippen molar-refractivity contribution in [2.45, 2.75) is 418 Å². The summed E-state index contributed by atoms with van der Waals surface area (Å²) in [5.74, 6) is -0.166. The van der Waals surface area contributed by atoms with Gasteiger partial charge in [0.15, 0.2) is 0 Å². The van der Waals surface area contributed by atoms with E-state index in [4.69, 9.17) is 9.05 Å². The van der Waals surface area contributed by atoms with E-state index < -0.39 is 20.0 Å². The quantitative estimate of drug-likeness (QED) is 0.0243. The monoisotopic (exact) mass is 1190 g/mol. The average Bonchev–Trinajstić information content (AvgIpc) is 3.49. The first-order chi connectivity index (χ1) is 40.5. The molecule has 0 aliphatic heterocycles. The molecule has 3 atom stereocenters. The summed E-state index contributed by atoms with van der Waals surface area (Å²) in [5, 5.41) is 14.0. The first kappa shape index (κ1) is 82.2. The summed E-state index contributed by atoms with van der Waals surface area (Å²) in [4.78, 5) is 23.5. The van der Waals surface area contributed by atoms with Crippen LogP contribution >= 0.6 is 7.82 Å². The Hall–Kier alpha value is -0.760. The summed E-state index contributed by atoms with van der Waals surface area (Å²) in [7, 11) is 1.60. The van der Waals surface area contributed by atoms with Crippen molar-refractivity contribution in [2.24, 2.45) is 0 Å². The van der Waals surface area contributed by atoms with Gasteiger partial charge in [0.25, 0.3) is 0 Å². The van der Waals surface area contributed by atoms with Crippen LogP contribution in [0.4, 0.5) is 0 Å². The molecule has 0 aliphatic carbocycles. The molecule has 0 heterocycles. The summed E-state index contributed by atoms with van der Waals surface area (Å²) in [5.41, 5.74) is 0. The van der Waals surface area contributed by atoms with Crippen LogP contribution in [0.25, 0.3) is 0 Å². The standard InChI is InChI=1S/C74H149N2O6P/c1-6-8-10-12-14-16-18-20-22-24-26-28-30-32-34-36-37-38-39-40-42-44-46-48-50-52-54-56-58-60-62-64-66-68-74(78)75-72(71-82-83(79,80)81-70-69-76(3,4)5)73(77)67-65-63-61-59-57-55-53-51-49-47-45-43-41-35-33-31-29-27-25-23-21-19-17-15-13-11-9-7-2/h65,67,72-73,77H,6-64,66,68-71H2,1-5H3,(H-,75,78,79,80)/p+1/b67-65+. The molecule has 496 valence electrons. The minimum Gasteiger partial charge on any atom is -0.387 e. The van der Waals surface area contributed by atoms with Gasteiger partial charge in [-0.15, -0.1) is 0 Å². The van der Waals surface area contributed by atoms with E-state index in [-0.39, 0.29) is 19.1 Å². The minimum absolute atomic E-state index is 0.0656. The zero-order chi connectivity index (χ0) is 60.5. The first-order valence-electron chi connectivity index (χ1n) is 37.6. The third kappa shape index (κ3) is 68.6. The number of hydrogen-bond acceptors (Lipinski definition) is 5. The third-order valence-corrected chi connectivity index (χ3v) is 18.7. The molecule has 0 saturated carbocycles. The van der Waals surface area contributed by atoms with Gasteiger partial charge in [-0.2, -0.15) is 0 Å². The predicted molar refractivity (Wildman–Crippen MR) is 365 cm³/mol. The van der Waals surface area contributed by atoms with Crippen LogP contribution in [0, 0.1) is 0 Å². The molecule has 1 amide bonds. The van der Waals surface area contributed by atoms with Crippen molar-refractivity contribution >= 4 is 13.7 Å². The van der Waals surface area contributed by atoms with Gasteiger partial charge in [0.2, 0.25) is 5.91 Å². The lowest BCUT2D eigenvalue weighted by Gasteiger charge is -2.25. The lowest BCUT2D eigenvalue weighted by Crippen LogP contribution is -2.45. The Morgan fingerprint density at radius 3 is 0.892 bits per heavy atom. The molecule has 0 spiro atoms. The number of unbranched alkanes of at least 4 members (excludes halogenated alkanes) is 58. The maximum atomic E-state index is 13.1. The fourth-order valence-corrected chi connectivity index (χ4v) is 12.7. The SMILES string of the molecule is CCCCCCCCCCCCCCCCCCCCCCCCCCCC/C=C/C(O)C(COP(=O)(O)OCC[N+](C)(C)C)NC(=O)CCCCCCCCCCCCCCCCCCCCCCCCCCCCCCCCCCC. The van der Waals surface area contributed by atoms with Gasteiger partial charge in [-0.05, 0) is 19.3 Å². The number of rotatable bonds is 71. The average molecular weight is 1190 g/mol. The number of carbonyl (C=O) groups excluding carboxylic acids is 1. The van der Waals surface area contributed by atoms with Crippen molar-refractivity contribution in [3.05, 3.63) is 12.2 Å². The number of quaternary nitrogens is 1. The van der Waals surface area contributed by atoms with E-state index in [0.717, 1.165) is 32.1 Å². The highest BCUT2D eigenvalue weighted by atomic mass is 31.2. The number of aliphatic hydroxyl groups is 1. The molecular formula is C74H150N2O6P+. The van der Waals surface area contributed by atoms with Crippen molar-refractivity contribution in [3.8, 4) is 0 Å². The highest BCUT2D eigenvalue weighted by molar-refractivity contribution is 7.47. The molecule has 0 bridgehead atoms. The van der Waals surface area contributed by atoms with Crippen LogP contribution in [-0.2, 0) is 18.4 Å². The van der Waals surface area contributed by atoms with Gasteiger partial charge in [-0.25, -0.2) is 4.57 Å². The van der Waals surface area contributed by atoms with Crippen LogP contribution in [0.15, 0.2) is 12.2 Å². The Kier molecular flexibility index (Phi) is 65.1. The summed E-state index contributed by atoms with van der Waals surface area (Å²) in [6, 6.07) is -0.844. The van der Waals surface area contributed by atoms with Crippen LogP contribution in [0.3, 0.4) is 0 Å². The lowest BCUT2D eigenvalue weighted by molar-refractivity contribution is -0.870. The molecule has 0 aliphatic rings. The highest BCUT2D eigenvalue weighted by Gasteiger charge is 2.28. The van der Waals surface area contributed by atoms with Gasteiger partial charge < -0.3 is 19.8 Å². The summed E-state index contributed by atoms with van der Waals surface area (Å²) in [6.07, 6.45) is 85.3. The van der Waals surface area contributed by atoms with Gasteiger partial charge in [0, 0.05) is 6.42 Å². The molecule has 0 radical (unpaired) electrons. The minimum atomic E-state index is -4.35. The first-order valence-corrected chi connectivity index (χ1v) is 39.1. The molecule has 0 aromatic carbocycles. The molecular weight excluding hydrogens is 1040 g/mol. The Labute approximate surface area is 520 Å². The van der Waals surface area contributed by atoms with Crippen LogP contribution in [-0.4, -0.2) is 73.4 Å². The number of carbonyl (C=O) groups is 1. The largest absolute Gasteiger partial charge is 0.472 e. The number of phosphoric acid groups is 1. The van der Waals surface area contributed by atoms with Gasteiger partial charge in [0.1, 0.15) is 13.2 Å². The zero-order valence-corrected chi connectivity index (χ0v) is 57.9. The van der Waals surface area contributed by atoms with Gasteiger partial charge in [0.05, 0.1) is 39.9 Å².